The summed E-state index contributed by atoms with van der Waals surface area (Å²) in [4.78, 5) is 2.15. The van der Waals surface area contributed by atoms with Gasteiger partial charge in [0, 0.05) is 19.0 Å². The summed E-state index contributed by atoms with van der Waals surface area (Å²) in [6, 6.07) is 0. The minimum absolute atomic E-state index is 0.265. The molecule has 2 rings (SSSR count). The average Bonchev–Trinajstić information content (AvgIpc) is 2.73. The van der Waals surface area contributed by atoms with E-state index < -0.39 is 5.60 Å². The number of nitrogens with zero attached hydrogens (tertiary/aromatic N) is 3. The van der Waals surface area contributed by atoms with Gasteiger partial charge in [0.2, 0.25) is 5.13 Å². The zero-order valence-electron chi connectivity index (χ0n) is 10.3. The Labute approximate surface area is 100 Å². The third kappa shape index (κ3) is 1.82. The molecule has 1 fully saturated rings. The van der Waals surface area contributed by atoms with Gasteiger partial charge in [0.25, 0.3) is 0 Å². The highest BCUT2D eigenvalue weighted by Crippen LogP contribution is 2.36. The van der Waals surface area contributed by atoms with Gasteiger partial charge in [0.05, 0.1) is 5.60 Å². The van der Waals surface area contributed by atoms with Crippen LogP contribution in [0.5, 0.6) is 0 Å². The Morgan fingerprint density at radius 2 is 2.19 bits per heavy atom. The van der Waals surface area contributed by atoms with E-state index in [1.165, 1.54) is 0 Å². The van der Waals surface area contributed by atoms with Gasteiger partial charge in [-0.15, -0.1) is 10.2 Å². The molecular weight excluding hydrogens is 222 g/mol. The molecule has 90 valence electrons. The monoisotopic (exact) mass is 241 g/mol. The molecule has 5 heteroatoms. The van der Waals surface area contributed by atoms with Crippen molar-refractivity contribution in [2.24, 2.45) is 11.8 Å². The van der Waals surface area contributed by atoms with Crippen molar-refractivity contribution in [1.29, 1.82) is 0 Å². The highest BCUT2D eigenvalue weighted by molar-refractivity contribution is 7.15. The number of hydrogen-bond donors (Lipinski definition) is 1. The largest absolute Gasteiger partial charge is 0.387 e. The number of anilines is 1. The van der Waals surface area contributed by atoms with E-state index in [0.29, 0.717) is 6.54 Å². The van der Waals surface area contributed by atoms with E-state index >= 15 is 0 Å². The second kappa shape index (κ2) is 3.96. The molecule has 4 nitrogen and oxygen atoms in total. The number of hydrogen-bond acceptors (Lipinski definition) is 5. The summed E-state index contributed by atoms with van der Waals surface area (Å²) < 4.78 is 0. The predicted molar refractivity (Wildman–Crippen MR) is 65.8 cm³/mol. The van der Waals surface area contributed by atoms with Crippen LogP contribution < -0.4 is 4.90 Å². The van der Waals surface area contributed by atoms with Crippen molar-refractivity contribution in [2.75, 3.05) is 18.0 Å². The highest BCUT2D eigenvalue weighted by atomic mass is 32.1. The van der Waals surface area contributed by atoms with E-state index in [-0.39, 0.29) is 11.8 Å². The molecule has 16 heavy (non-hydrogen) atoms. The highest BCUT2D eigenvalue weighted by Gasteiger charge is 2.45. The molecule has 1 aliphatic rings. The topological polar surface area (TPSA) is 49.2 Å². The zero-order valence-corrected chi connectivity index (χ0v) is 11.1. The first kappa shape index (κ1) is 11.8. The van der Waals surface area contributed by atoms with Crippen molar-refractivity contribution in [3.05, 3.63) is 5.01 Å². The van der Waals surface area contributed by atoms with E-state index in [9.17, 15) is 5.11 Å². The molecule has 1 aromatic rings. The molecule has 1 saturated heterocycles. The molecule has 0 spiro atoms. The van der Waals surface area contributed by atoms with E-state index in [1.807, 2.05) is 6.92 Å². The van der Waals surface area contributed by atoms with E-state index in [1.54, 1.807) is 11.3 Å². The summed E-state index contributed by atoms with van der Waals surface area (Å²) in [5.74, 6) is 0.540. The minimum Gasteiger partial charge on any atom is -0.387 e. The molecule has 0 amide bonds. The van der Waals surface area contributed by atoms with Crippen molar-refractivity contribution in [2.45, 2.75) is 33.3 Å². The van der Waals surface area contributed by atoms with Crippen molar-refractivity contribution in [1.82, 2.24) is 10.2 Å². The molecular formula is C11H19N3OS. The van der Waals surface area contributed by atoms with Gasteiger partial charge in [-0.3, -0.25) is 0 Å². The lowest BCUT2D eigenvalue weighted by molar-refractivity contribution is -0.0186. The fourth-order valence-electron chi connectivity index (χ4n) is 2.33. The van der Waals surface area contributed by atoms with Gasteiger partial charge < -0.3 is 10.0 Å². The quantitative estimate of drug-likeness (QED) is 0.856. The Hall–Kier alpha value is -0.680. The standard InChI is InChI=1S/C11H19N3OS/c1-7(2)11(15)6-14(5-8(11)3)10-13-12-9(4)16-10/h7-8,15H,5-6H2,1-4H3/t8-,11-/m1/s1. The van der Waals surface area contributed by atoms with Gasteiger partial charge in [-0.1, -0.05) is 32.1 Å². The molecule has 2 atom stereocenters. The smallest absolute Gasteiger partial charge is 0.208 e. The lowest BCUT2D eigenvalue weighted by atomic mass is 9.82. The van der Waals surface area contributed by atoms with Crippen LogP contribution in [0.2, 0.25) is 0 Å². The first-order valence-electron chi connectivity index (χ1n) is 5.71. The average molecular weight is 241 g/mol. The van der Waals surface area contributed by atoms with Crippen LogP contribution in [-0.2, 0) is 0 Å². The predicted octanol–water partition coefficient (Wildman–Crippen LogP) is 1.69. The summed E-state index contributed by atoms with van der Waals surface area (Å²) in [5.41, 5.74) is -0.598. The zero-order chi connectivity index (χ0) is 11.9. The second-order valence-electron chi connectivity index (χ2n) is 5.03. The fourth-order valence-corrected chi connectivity index (χ4v) is 3.02. The molecule has 0 bridgehead atoms. The summed E-state index contributed by atoms with van der Waals surface area (Å²) in [6.07, 6.45) is 0. The van der Waals surface area contributed by atoms with E-state index in [0.717, 1.165) is 16.7 Å². The first-order valence-corrected chi connectivity index (χ1v) is 6.52. The Bertz CT molecular complexity index is 379. The molecule has 0 unspecified atom stereocenters. The lowest BCUT2D eigenvalue weighted by Gasteiger charge is -2.30. The van der Waals surface area contributed by atoms with Crippen LogP contribution in [0.25, 0.3) is 0 Å². The maximum absolute atomic E-state index is 10.6. The Morgan fingerprint density at radius 3 is 2.62 bits per heavy atom. The van der Waals surface area contributed by atoms with Gasteiger partial charge in [0.15, 0.2) is 0 Å². The molecule has 1 aromatic heterocycles. The van der Waals surface area contributed by atoms with E-state index in [4.69, 9.17) is 0 Å². The minimum atomic E-state index is -0.598. The molecule has 2 heterocycles. The molecule has 1 N–H and O–H groups in total. The maximum Gasteiger partial charge on any atom is 0.208 e. The van der Waals surface area contributed by atoms with Gasteiger partial charge in [-0.05, 0) is 12.8 Å². The van der Waals surface area contributed by atoms with Crippen molar-refractivity contribution in [3.63, 3.8) is 0 Å². The Balaban J connectivity index is 2.18. The summed E-state index contributed by atoms with van der Waals surface area (Å²) in [5, 5.41) is 20.7. The van der Waals surface area contributed by atoms with Crippen LogP contribution in [0, 0.1) is 18.8 Å². The van der Waals surface area contributed by atoms with E-state index in [2.05, 4.69) is 35.9 Å². The normalized spacial score (nSPS) is 30.4. The summed E-state index contributed by atoms with van der Waals surface area (Å²) >= 11 is 1.59. The van der Waals surface area contributed by atoms with Crippen LogP contribution in [0.15, 0.2) is 0 Å². The fraction of sp³-hybridized carbons (Fsp3) is 0.818. The summed E-state index contributed by atoms with van der Waals surface area (Å²) in [6.45, 7) is 9.74. The molecule has 1 aliphatic heterocycles. The molecule has 0 aliphatic carbocycles. The van der Waals surface area contributed by atoms with Crippen LogP contribution >= 0.6 is 11.3 Å². The maximum atomic E-state index is 10.6. The van der Waals surface area contributed by atoms with Crippen molar-refractivity contribution in [3.8, 4) is 0 Å². The number of β-amino-alcohol motifs (C(OH)–C–C–N with tert-alkyl or cyclic N) is 1. The van der Waals surface area contributed by atoms with Gasteiger partial charge in [-0.25, -0.2) is 0 Å². The van der Waals surface area contributed by atoms with Crippen LogP contribution in [-0.4, -0.2) is 34.0 Å². The van der Waals surface area contributed by atoms with Gasteiger partial charge in [0.1, 0.15) is 5.01 Å². The van der Waals surface area contributed by atoms with Gasteiger partial charge >= 0.3 is 0 Å². The number of aliphatic hydroxyl groups is 1. The van der Waals surface area contributed by atoms with Crippen LogP contribution in [0.1, 0.15) is 25.8 Å². The summed E-state index contributed by atoms with van der Waals surface area (Å²) in [7, 11) is 0. The number of aryl methyl sites for hydroxylation is 1. The second-order valence-corrected chi connectivity index (χ2v) is 6.19. The lowest BCUT2D eigenvalue weighted by Crippen LogP contribution is -2.42. The number of aromatic nitrogens is 2. The third-order valence-electron chi connectivity index (χ3n) is 3.58. The molecule has 0 aromatic carbocycles. The molecule has 0 radical (unpaired) electrons. The van der Waals surface area contributed by atoms with Crippen molar-refractivity contribution < 1.29 is 5.11 Å². The Kier molecular flexibility index (Phi) is 2.92. The third-order valence-corrected chi connectivity index (χ3v) is 4.48. The van der Waals surface area contributed by atoms with Crippen LogP contribution in [0.3, 0.4) is 0 Å². The van der Waals surface area contributed by atoms with Gasteiger partial charge in [-0.2, -0.15) is 0 Å². The van der Waals surface area contributed by atoms with Crippen molar-refractivity contribution >= 4 is 16.5 Å². The van der Waals surface area contributed by atoms with Crippen LogP contribution in [0.4, 0.5) is 5.13 Å². The Morgan fingerprint density at radius 1 is 1.50 bits per heavy atom. The first-order chi connectivity index (χ1) is 7.43. The molecule has 0 saturated carbocycles. The number of rotatable bonds is 2. The SMILES string of the molecule is Cc1nnc(N2C[C@@H](C)[C@](O)(C(C)C)C2)s1.